The number of ether oxygens (including phenoxy) is 1. The van der Waals surface area contributed by atoms with Gasteiger partial charge in [-0.2, -0.15) is 0 Å². The van der Waals surface area contributed by atoms with E-state index in [-0.39, 0.29) is 11.2 Å². The lowest BCUT2D eigenvalue weighted by atomic mass is 9.67. The SMILES string of the molecule is CN=C(NCCS(=O)(=O)c1ccc(Br)cc1)NCC1(CCOC)CCC1. The number of aliphatic imine (C=N–C) groups is 1. The van der Waals surface area contributed by atoms with Crippen LogP contribution in [0.15, 0.2) is 38.6 Å². The minimum Gasteiger partial charge on any atom is -0.385 e. The molecular formula is C18H28BrN3O3S. The van der Waals surface area contributed by atoms with Crippen LogP contribution < -0.4 is 10.6 Å². The molecule has 0 saturated heterocycles. The molecule has 0 spiro atoms. The van der Waals surface area contributed by atoms with Crippen molar-refractivity contribution in [1.82, 2.24) is 10.6 Å². The quantitative estimate of drug-likeness (QED) is 0.450. The number of hydrogen-bond acceptors (Lipinski definition) is 4. The Bertz CT molecular complexity index is 701. The summed E-state index contributed by atoms with van der Waals surface area (Å²) in [4.78, 5) is 4.53. The van der Waals surface area contributed by atoms with Gasteiger partial charge in [-0.1, -0.05) is 22.4 Å². The first-order valence-electron chi connectivity index (χ1n) is 8.83. The number of benzene rings is 1. The number of nitrogens with zero attached hydrogens (tertiary/aromatic N) is 1. The molecule has 0 aromatic heterocycles. The minimum absolute atomic E-state index is 0.0180. The number of nitrogens with one attached hydrogen (secondary N) is 2. The molecule has 0 amide bonds. The Morgan fingerprint density at radius 2 is 1.96 bits per heavy atom. The van der Waals surface area contributed by atoms with Crippen LogP contribution in [0, 0.1) is 5.41 Å². The van der Waals surface area contributed by atoms with Gasteiger partial charge in [-0.3, -0.25) is 4.99 Å². The Morgan fingerprint density at radius 1 is 1.27 bits per heavy atom. The van der Waals surface area contributed by atoms with Gasteiger partial charge in [-0.25, -0.2) is 8.42 Å². The van der Waals surface area contributed by atoms with Gasteiger partial charge in [0, 0.05) is 38.3 Å². The van der Waals surface area contributed by atoms with Gasteiger partial charge in [0.15, 0.2) is 15.8 Å². The van der Waals surface area contributed by atoms with Crippen molar-refractivity contribution in [3.63, 3.8) is 0 Å². The fourth-order valence-corrected chi connectivity index (χ4v) is 4.49. The standard InChI is InChI=1S/C18H28BrN3O3S/c1-20-17(22-14-18(8-3-9-18)10-12-25-2)21-11-13-26(23,24)16-6-4-15(19)5-7-16/h4-7H,3,8-14H2,1-2H3,(H2,20,21,22). The zero-order valence-corrected chi connectivity index (χ0v) is 17.8. The summed E-state index contributed by atoms with van der Waals surface area (Å²) in [7, 11) is 0.112. The van der Waals surface area contributed by atoms with Crippen molar-refractivity contribution in [2.24, 2.45) is 10.4 Å². The van der Waals surface area contributed by atoms with Crippen molar-refractivity contribution in [2.45, 2.75) is 30.6 Å². The average molecular weight is 446 g/mol. The maximum Gasteiger partial charge on any atom is 0.191 e. The largest absolute Gasteiger partial charge is 0.385 e. The second-order valence-electron chi connectivity index (χ2n) is 6.72. The molecule has 0 radical (unpaired) electrons. The van der Waals surface area contributed by atoms with Gasteiger partial charge in [0.1, 0.15) is 0 Å². The van der Waals surface area contributed by atoms with E-state index in [9.17, 15) is 8.42 Å². The molecule has 1 aliphatic carbocycles. The second kappa shape index (κ2) is 9.71. The van der Waals surface area contributed by atoms with Crippen LogP contribution in [-0.4, -0.2) is 54.0 Å². The van der Waals surface area contributed by atoms with Crippen LogP contribution >= 0.6 is 15.9 Å². The Labute approximate surface area is 164 Å². The normalized spacial score (nSPS) is 16.8. The van der Waals surface area contributed by atoms with Crippen molar-refractivity contribution in [2.75, 3.05) is 39.6 Å². The van der Waals surface area contributed by atoms with Crippen LogP contribution in [0.25, 0.3) is 0 Å². The highest BCUT2D eigenvalue weighted by Gasteiger charge is 2.36. The number of halogens is 1. The highest BCUT2D eigenvalue weighted by atomic mass is 79.9. The average Bonchev–Trinajstić information content (AvgIpc) is 2.59. The van der Waals surface area contributed by atoms with E-state index in [2.05, 4.69) is 31.6 Å². The highest BCUT2D eigenvalue weighted by Crippen LogP contribution is 2.43. The molecule has 2 N–H and O–H groups in total. The van der Waals surface area contributed by atoms with E-state index in [0.29, 0.717) is 17.4 Å². The second-order valence-corrected chi connectivity index (χ2v) is 9.75. The molecule has 146 valence electrons. The predicted molar refractivity (Wildman–Crippen MR) is 108 cm³/mol. The molecule has 0 aliphatic heterocycles. The molecule has 26 heavy (non-hydrogen) atoms. The molecule has 1 fully saturated rings. The summed E-state index contributed by atoms with van der Waals surface area (Å²) in [6, 6.07) is 6.70. The van der Waals surface area contributed by atoms with Crippen molar-refractivity contribution in [1.29, 1.82) is 0 Å². The minimum atomic E-state index is -3.31. The first-order valence-corrected chi connectivity index (χ1v) is 11.3. The fourth-order valence-electron chi connectivity index (χ4n) is 3.07. The van der Waals surface area contributed by atoms with Crippen LogP contribution in [0.3, 0.4) is 0 Å². The zero-order valence-electron chi connectivity index (χ0n) is 15.4. The van der Waals surface area contributed by atoms with Crippen LogP contribution in [0.1, 0.15) is 25.7 Å². The number of rotatable bonds is 9. The number of hydrogen-bond donors (Lipinski definition) is 2. The Kier molecular flexibility index (Phi) is 7.91. The maximum absolute atomic E-state index is 12.4. The van der Waals surface area contributed by atoms with Crippen molar-refractivity contribution in [3.8, 4) is 0 Å². The van der Waals surface area contributed by atoms with Crippen LogP contribution in [-0.2, 0) is 14.6 Å². The molecule has 2 rings (SSSR count). The summed E-state index contributed by atoms with van der Waals surface area (Å²) >= 11 is 3.31. The van der Waals surface area contributed by atoms with E-state index in [1.807, 2.05) is 0 Å². The number of guanidine groups is 1. The molecule has 1 aromatic rings. The summed E-state index contributed by atoms with van der Waals surface area (Å²) in [6.07, 6.45) is 4.67. The predicted octanol–water partition coefficient (Wildman–Crippen LogP) is 2.59. The van der Waals surface area contributed by atoms with Crippen molar-refractivity contribution < 1.29 is 13.2 Å². The third-order valence-corrected chi connectivity index (χ3v) is 7.20. The molecule has 0 bridgehead atoms. The fraction of sp³-hybridized carbons (Fsp3) is 0.611. The Morgan fingerprint density at radius 3 is 2.50 bits per heavy atom. The summed E-state index contributed by atoms with van der Waals surface area (Å²) in [6.45, 7) is 1.90. The van der Waals surface area contributed by atoms with Crippen LogP contribution in [0.4, 0.5) is 0 Å². The summed E-state index contributed by atoms with van der Waals surface area (Å²) < 4.78 is 30.8. The third-order valence-electron chi connectivity index (χ3n) is 4.94. The molecule has 0 atom stereocenters. The first-order chi connectivity index (χ1) is 12.4. The Balaban J connectivity index is 1.80. The van der Waals surface area contributed by atoms with Crippen LogP contribution in [0.2, 0.25) is 0 Å². The van der Waals surface area contributed by atoms with Gasteiger partial charge < -0.3 is 15.4 Å². The summed E-state index contributed by atoms with van der Waals surface area (Å²) in [5.41, 5.74) is 0.275. The molecule has 1 aromatic carbocycles. The highest BCUT2D eigenvalue weighted by molar-refractivity contribution is 9.10. The van der Waals surface area contributed by atoms with Crippen LogP contribution in [0.5, 0.6) is 0 Å². The van der Waals surface area contributed by atoms with Gasteiger partial charge in [-0.05, 0) is 48.9 Å². The van der Waals surface area contributed by atoms with Gasteiger partial charge in [0.2, 0.25) is 0 Å². The monoisotopic (exact) mass is 445 g/mol. The molecule has 1 saturated carbocycles. The van der Waals surface area contributed by atoms with Crippen molar-refractivity contribution >= 4 is 31.7 Å². The molecule has 0 unspecified atom stereocenters. The maximum atomic E-state index is 12.4. The van der Waals surface area contributed by atoms with Gasteiger partial charge >= 0.3 is 0 Å². The first kappa shape index (κ1) is 21.2. The number of methoxy groups -OCH3 is 1. The van der Waals surface area contributed by atoms with E-state index in [1.165, 1.54) is 19.3 Å². The molecule has 0 heterocycles. The lowest BCUT2D eigenvalue weighted by Gasteiger charge is -2.42. The van der Waals surface area contributed by atoms with E-state index >= 15 is 0 Å². The van der Waals surface area contributed by atoms with E-state index in [0.717, 1.165) is 24.0 Å². The van der Waals surface area contributed by atoms with Crippen molar-refractivity contribution in [3.05, 3.63) is 28.7 Å². The van der Waals surface area contributed by atoms with Gasteiger partial charge in [-0.15, -0.1) is 0 Å². The van der Waals surface area contributed by atoms with Gasteiger partial charge in [0.05, 0.1) is 10.6 Å². The summed E-state index contributed by atoms with van der Waals surface area (Å²) in [5, 5.41) is 6.44. The lowest BCUT2D eigenvalue weighted by molar-refractivity contribution is 0.0733. The van der Waals surface area contributed by atoms with Gasteiger partial charge in [0.25, 0.3) is 0 Å². The van der Waals surface area contributed by atoms with E-state index in [4.69, 9.17) is 4.74 Å². The lowest BCUT2D eigenvalue weighted by Crippen LogP contribution is -2.47. The summed E-state index contributed by atoms with van der Waals surface area (Å²) in [5.74, 6) is 0.657. The molecule has 6 nitrogen and oxygen atoms in total. The van der Waals surface area contributed by atoms with E-state index in [1.54, 1.807) is 38.4 Å². The third kappa shape index (κ3) is 5.96. The van der Waals surface area contributed by atoms with E-state index < -0.39 is 9.84 Å². The smallest absolute Gasteiger partial charge is 0.191 e. The topological polar surface area (TPSA) is 79.8 Å². The molecular weight excluding hydrogens is 418 g/mol. The molecule has 8 heteroatoms. The molecule has 1 aliphatic rings. The zero-order chi connectivity index (χ0) is 19.0. The Hall–Kier alpha value is -1.12. The number of sulfone groups is 1.